The largest absolute Gasteiger partial charge is 0.496 e. The fourth-order valence-electron chi connectivity index (χ4n) is 2.63. The number of aromatic nitrogens is 2. The standard InChI is InChI=1S/C21H23N3O4/c1-13(2)12-27-17-8-5-15(6-9-17)21(25)22-20-19(23-28-24-20)16-7-10-18(26-4)14(3)11-16/h5-11,13H,12H2,1-4H3,(H,22,24,25). The highest BCUT2D eigenvalue weighted by molar-refractivity contribution is 6.05. The quantitative estimate of drug-likeness (QED) is 0.655. The van der Waals surface area contributed by atoms with Crippen LogP contribution in [0.2, 0.25) is 0 Å². The van der Waals surface area contributed by atoms with Gasteiger partial charge in [-0.15, -0.1) is 0 Å². The molecular formula is C21H23N3O4. The summed E-state index contributed by atoms with van der Waals surface area (Å²) in [5.74, 6) is 1.88. The maximum atomic E-state index is 12.6. The minimum atomic E-state index is -0.308. The summed E-state index contributed by atoms with van der Waals surface area (Å²) in [5.41, 5.74) is 2.65. The van der Waals surface area contributed by atoms with Crippen LogP contribution in [0.25, 0.3) is 11.3 Å². The maximum Gasteiger partial charge on any atom is 0.256 e. The molecule has 0 fully saturated rings. The Morgan fingerprint density at radius 1 is 1.14 bits per heavy atom. The van der Waals surface area contributed by atoms with E-state index in [2.05, 4.69) is 29.5 Å². The van der Waals surface area contributed by atoms with E-state index in [1.807, 2.05) is 25.1 Å². The molecule has 3 rings (SSSR count). The summed E-state index contributed by atoms with van der Waals surface area (Å²) in [4.78, 5) is 12.6. The van der Waals surface area contributed by atoms with Crippen LogP contribution in [0.5, 0.6) is 11.5 Å². The second-order valence-corrected chi connectivity index (χ2v) is 6.83. The first-order valence-electron chi connectivity index (χ1n) is 8.99. The van der Waals surface area contributed by atoms with Gasteiger partial charge >= 0.3 is 0 Å². The van der Waals surface area contributed by atoms with E-state index in [-0.39, 0.29) is 11.7 Å². The third kappa shape index (κ3) is 4.49. The molecule has 2 aromatic carbocycles. The molecule has 0 aliphatic rings. The third-order valence-electron chi connectivity index (χ3n) is 4.09. The zero-order chi connectivity index (χ0) is 20.1. The molecule has 0 spiro atoms. The molecule has 0 aliphatic heterocycles. The van der Waals surface area contributed by atoms with Crippen molar-refractivity contribution in [2.45, 2.75) is 20.8 Å². The fourth-order valence-corrected chi connectivity index (χ4v) is 2.63. The van der Waals surface area contributed by atoms with Gasteiger partial charge in [0.15, 0.2) is 5.69 Å². The van der Waals surface area contributed by atoms with E-state index in [4.69, 9.17) is 14.1 Å². The van der Waals surface area contributed by atoms with Crippen molar-refractivity contribution in [3.05, 3.63) is 53.6 Å². The van der Waals surface area contributed by atoms with Gasteiger partial charge in [-0.25, -0.2) is 4.63 Å². The zero-order valence-corrected chi connectivity index (χ0v) is 16.4. The summed E-state index contributed by atoms with van der Waals surface area (Å²) >= 11 is 0. The molecule has 3 aromatic rings. The van der Waals surface area contributed by atoms with Gasteiger partial charge in [-0.3, -0.25) is 4.79 Å². The molecule has 7 nitrogen and oxygen atoms in total. The Morgan fingerprint density at radius 3 is 2.54 bits per heavy atom. The van der Waals surface area contributed by atoms with Crippen LogP contribution in [-0.2, 0) is 0 Å². The second kappa shape index (κ2) is 8.56. The summed E-state index contributed by atoms with van der Waals surface area (Å²) in [6.07, 6.45) is 0. The molecule has 146 valence electrons. The van der Waals surface area contributed by atoms with E-state index in [0.29, 0.717) is 23.8 Å². The van der Waals surface area contributed by atoms with E-state index in [1.165, 1.54) is 0 Å². The van der Waals surface area contributed by atoms with E-state index in [1.54, 1.807) is 31.4 Å². The maximum absolute atomic E-state index is 12.6. The number of aryl methyl sites for hydroxylation is 1. The monoisotopic (exact) mass is 381 g/mol. The molecular weight excluding hydrogens is 358 g/mol. The van der Waals surface area contributed by atoms with Crippen LogP contribution < -0.4 is 14.8 Å². The number of anilines is 1. The van der Waals surface area contributed by atoms with Crippen molar-refractivity contribution in [3.63, 3.8) is 0 Å². The minimum absolute atomic E-state index is 0.259. The van der Waals surface area contributed by atoms with Gasteiger partial charge < -0.3 is 14.8 Å². The van der Waals surface area contributed by atoms with Gasteiger partial charge in [0.05, 0.1) is 13.7 Å². The van der Waals surface area contributed by atoms with Crippen molar-refractivity contribution in [1.29, 1.82) is 0 Å². The molecule has 0 bridgehead atoms. The van der Waals surface area contributed by atoms with Crippen LogP contribution in [0.4, 0.5) is 5.82 Å². The highest BCUT2D eigenvalue weighted by Crippen LogP contribution is 2.29. The van der Waals surface area contributed by atoms with Gasteiger partial charge in [0.1, 0.15) is 11.5 Å². The summed E-state index contributed by atoms with van der Waals surface area (Å²) in [6, 6.07) is 12.5. The van der Waals surface area contributed by atoms with Crippen LogP contribution in [0, 0.1) is 12.8 Å². The highest BCUT2D eigenvalue weighted by Gasteiger charge is 2.17. The van der Waals surface area contributed by atoms with Crippen molar-refractivity contribution in [2.75, 3.05) is 19.0 Å². The zero-order valence-electron chi connectivity index (χ0n) is 16.4. The highest BCUT2D eigenvalue weighted by atomic mass is 16.6. The average Bonchev–Trinajstić information content (AvgIpc) is 3.14. The molecule has 1 amide bonds. The summed E-state index contributed by atoms with van der Waals surface area (Å²) in [5, 5.41) is 10.5. The van der Waals surface area contributed by atoms with Gasteiger partial charge in [0.25, 0.3) is 5.91 Å². The molecule has 0 atom stereocenters. The lowest BCUT2D eigenvalue weighted by molar-refractivity contribution is 0.102. The number of ether oxygens (including phenoxy) is 2. The van der Waals surface area contributed by atoms with E-state index < -0.39 is 0 Å². The van der Waals surface area contributed by atoms with Crippen LogP contribution in [0.3, 0.4) is 0 Å². The lowest BCUT2D eigenvalue weighted by Crippen LogP contribution is -2.13. The molecule has 0 saturated carbocycles. The lowest BCUT2D eigenvalue weighted by atomic mass is 10.1. The Balaban J connectivity index is 1.73. The molecule has 0 unspecified atom stereocenters. The molecule has 1 heterocycles. The van der Waals surface area contributed by atoms with Gasteiger partial charge in [-0.05, 0) is 71.2 Å². The Labute approximate surface area is 163 Å². The molecule has 7 heteroatoms. The summed E-state index contributed by atoms with van der Waals surface area (Å²) < 4.78 is 15.7. The topological polar surface area (TPSA) is 86.5 Å². The van der Waals surface area contributed by atoms with Gasteiger partial charge in [0.2, 0.25) is 5.82 Å². The molecule has 0 radical (unpaired) electrons. The van der Waals surface area contributed by atoms with Crippen LogP contribution in [0.15, 0.2) is 47.1 Å². The normalized spacial score (nSPS) is 10.8. The smallest absolute Gasteiger partial charge is 0.256 e. The number of methoxy groups -OCH3 is 1. The average molecular weight is 381 g/mol. The van der Waals surface area contributed by atoms with E-state index >= 15 is 0 Å². The lowest BCUT2D eigenvalue weighted by Gasteiger charge is -2.09. The molecule has 0 saturated heterocycles. The molecule has 1 N–H and O–H groups in total. The first-order chi connectivity index (χ1) is 13.5. The van der Waals surface area contributed by atoms with Gasteiger partial charge in [-0.2, -0.15) is 0 Å². The van der Waals surface area contributed by atoms with Crippen LogP contribution >= 0.6 is 0 Å². The number of hydrogen-bond donors (Lipinski definition) is 1. The summed E-state index contributed by atoms with van der Waals surface area (Å²) in [7, 11) is 1.62. The number of benzene rings is 2. The van der Waals surface area contributed by atoms with E-state index in [9.17, 15) is 4.79 Å². The van der Waals surface area contributed by atoms with Crippen molar-refractivity contribution < 1.29 is 18.9 Å². The predicted molar refractivity (Wildman–Crippen MR) is 106 cm³/mol. The first-order valence-corrected chi connectivity index (χ1v) is 8.99. The van der Waals surface area contributed by atoms with Gasteiger partial charge in [-0.1, -0.05) is 13.8 Å². The fraction of sp³-hybridized carbons (Fsp3) is 0.286. The number of carbonyl (C=O) groups excluding carboxylic acids is 1. The molecule has 28 heavy (non-hydrogen) atoms. The van der Waals surface area contributed by atoms with Crippen molar-refractivity contribution in [1.82, 2.24) is 10.3 Å². The Hall–Kier alpha value is -3.35. The van der Waals surface area contributed by atoms with E-state index in [0.717, 1.165) is 22.6 Å². The Bertz CT molecular complexity index is 949. The van der Waals surface area contributed by atoms with Crippen molar-refractivity contribution >= 4 is 11.7 Å². The third-order valence-corrected chi connectivity index (χ3v) is 4.09. The first kappa shape index (κ1) is 19.4. The van der Waals surface area contributed by atoms with Gasteiger partial charge in [0, 0.05) is 11.1 Å². The van der Waals surface area contributed by atoms with Crippen molar-refractivity contribution in [2.24, 2.45) is 5.92 Å². The van der Waals surface area contributed by atoms with Crippen molar-refractivity contribution in [3.8, 4) is 22.8 Å². The number of hydrogen-bond acceptors (Lipinski definition) is 6. The number of nitrogens with one attached hydrogen (secondary N) is 1. The Kier molecular flexibility index (Phi) is 5.93. The minimum Gasteiger partial charge on any atom is -0.496 e. The molecule has 0 aliphatic carbocycles. The number of amides is 1. The SMILES string of the molecule is COc1ccc(-c2nonc2NC(=O)c2ccc(OCC(C)C)cc2)cc1C. The number of carbonyl (C=O) groups is 1. The van der Waals surface area contributed by atoms with Crippen LogP contribution in [0.1, 0.15) is 29.8 Å². The second-order valence-electron chi connectivity index (χ2n) is 6.83. The number of rotatable bonds is 7. The van der Waals surface area contributed by atoms with Crippen LogP contribution in [-0.4, -0.2) is 29.9 Å². The molecule has 1 aromatic heterocycles. The predicted octanol–water partition coefficient (Wildman–Crippen LogP) is 4.34. The summed E-state index contributed by atoms with van der Waals surface area (Å²) in [6.45, 7) is 6.71. The Morgan fingerprint density at radius 2 is 1.89 bits per heavy atom. The number of nitrogens with zero attached hydrogens (tertiary/aromatic N) is 2.